The molecule has 0 saturated carbocycles. The van der Waals surface area contributed by atoms with Gasteiger partial charge in [0.05, 0.1) is 12.7 Å². The van der Waals surface area contributed by atoms with Gasteiger partial charge in [0.1, 0.15) is 5.75 Å². The summed E-state index contributed by atoms with van der Waals surface area (Å²) in [5.74, 6) is 0.773. The van der Waals surface area contributed by atoms with Crippen LogP contribution in [0.15, 0.2) is 18.2 Å². The SMILES string of the molecule is COc1c(C)cccc1C(C)(C)O. The molecule has 1 aromatic rings. The monoisotopic (exact) mass is 180 g/mol. The van der Waals surface area contributed by atoms with E-state index < -0.39 is 5.60 Å². The van der Waals surface area contributed by atoms with Crippen molar-refractivity contribution in [3.05, 3.63) is 29.3 Å². The van der Waals surface area contributed by atoms with Gasteiger partial charge in [0.15, 0.2) is 0 Å². The molecule has 2 nitrogen and oxygen atoms in total. The molecule has 2 heteroatoms. The molecule has 1 aromatic carbocycles. The molecule has 0 aliphatic carbocycles. The van der Waals surface area contributed by atoms with E-state index in [1.165, 1.54) is 0 Å². The van der Waals surface area contributed by atoms with Gasteiger partial charge in [-0.15, -0.1) is 0 Å². The minimum Gasteiger partial charge on any atom is -0.496 e. The quantitative estimate of drug-likeness (QED) is 0.756. The Hall–Kier alpha value is -1.02. The average Bonchev–Trinajstić information content (AvgIpc) is 2.02. The van der Waals surface area contributed by atoms with Crippen LogP contribution in [0.4, 0.5) is 0 Å². The van der Waals surface area contributed by atoms with Crippen molar-refractivity contribution in [2.45, 2.75) is 26.4 Å². The first kappa shape index (κ1) is 10.1. The standard InChI is InChI=1S/C11H16O2/c1-8-6-5-7-9(10(8)13-4)11(2,3)12/h5-7,12H,1-4H3. The van der Waals surface area contributed by atoms with Crippen LogP contribution in [0.25, 0.3) is 0 Å². The van der Waals surface area contributed by atoms with Crippen LogP contribution in [0.1, 0.15) is 25.0 Å². The van der Waals surface area contributed by atoms with Crippen LogP contribution in [-0.4, -0.2) is 12.2 Å². The Morgan fingerprint density at radius 2 is 1.92 bits per heavy atom. The molecule has 0 amide bonds. The van der Waals surface area contributed by atoms with E-state index in [2.05, 4.69) is 0 Å². The third kappa shape index (κ3) is 2.01. The molecule has 0 aliphatic rings. The summed E-state index contributed by atoms with van der Waals surface area (Å²) in [6.07, 6.45) is 0. The summed E-state index contributed by atoms with van der Waals surface area (Å²) in [5, 5.41) is 9.85. The molecule has 72 valence electrons. The van der Waals surface area contributed by atoms with Crippen molar-refractivity contribution >= 4 is 0 Å². The fourth-order valence-corrected chi connectivity index (χ4v) is 1.41. The van der Waals surface area contributed by atoms with Gasteiger partial charge in [0, 0.05) is 5.56 Å². The van der Waals surface area contributed by atoms with E-state index in [4.69, 9.17) is 4.74 Å². The molecule has 0 unspecified atom stereocenters. The van der Waals surface area contributed by atoms with Crippen molar-refractivity contribution in [1.29, 1.82) is 0 Å². The lowest BCUT2D eigenvalue weighted by Crippen LogP contribution is -2.17. The fraction of sp³-hybridized carbons (Fsp3) is 0.455. The van der Waals surface area contributed by atoms with Gasteiger partial charge in [-0.1, -0.05) is 18.2 Å². The van der Waals surface area contributed by atoms with Gasteiger partial charge in [-0.25, -0.2) is 0 Å². The molecule has 0 radical (unpaired) electrons. The topological polar surface area (TPSA) is 29.5 Å². The minimum atomic E-state index is -0.850. The third-order valence-electron chi connectivity index (χ3n) is 2.08. The lowest BCUT2D eigenvalue weighted by Gasteiger charge is -2.21. The van der Waals surface area contributed by atoms with E-state index in [0.717, 1.165) is 16.9 Å². The summed E-state index contributed by atoms with van der Waals surface area (Å²) >= 11 is 0. The number of methoxy groups -OCH3 is 1. The Balaban J connectivity index is 3.29. The summed E-state index contributed by atoms with van der Waals surface area (Å²) in [5.41, 5.74) is 1.02. The van der Waals surface area contributed by atoms with E-state index in [-0.39, 0.29) is 0 Å². The van der Waals surface area contributed by atoms with E-state index >= 15 is 0 Å². The molecule has 1 N–H and O–H groups in total. The Labute approximate surface area is 79.2 Å². The first-order valence-corrected chi connectivity index (χ1v) is 4.33. The summed E-state index contributed by atoms with van der Waals surface area (Å²) in [4.78, 5) is 0. The van der Waals surface area contributed by atoms with Crippen molar-refractivity contribution in [2.75, 3.05) is 7.11 Å². The van der Waals surface area contributed by atoms with Crippen LogP contribution in [0, 0.1) is 6.92 Å². The van der Waals surface area contributed by atoms with Crippen molar-refractivity contribution in [3.8, 4) is 5.75 Å². The molecule has 0 aromatic heterocycles. The third-order valence-corrected chi connectivity index (χ3v) is 2.08. The molecular weight excluding hydrogens is 164 g/mol. The second kappa shape index (κ2) is 3.38. The van der Waals surface area contributed by atoms with Crippen molar-refractivity contribution in [1.82, 2.24) is 0 Å². The van der Waals surface area contributed by atoms with Gasteiger partial charge in [-0.2, -0.15) is 0 Å². The second-order valence-corrected chi connectivity index (χ2v) is 3.71. The maximum Gasteiger partial charge on any atom is 0.127 e. The predicted molar refractivity (Wildman–Crippen MR) is 53.0 cm³/mol. The van der Waals surface area contributed by atoms with E-state index in [1.54, 1.807) is 21.0 Å². The van der Waals surface area contributed by atoms with Crippen LogP contribution in [-0.2, 0) is 5.60 Å². The highest BCUT2D eigenvalue weighted by atomic mass is 16.5. The van der Waals surface area contributed by atoms with Gasteiger partial charge >= 0.3 is 0 Å². The van der Waals surface area contributed by atoms with E-state index in [1.807, 2.05) is 25.1 Å². The first-order valence-electron chi connectivity index (χ1n) is 4.33. The normalized spacial score (nSPS) is 11.5. The molecule has 0 fully saturated rings. The average molecular weight is 180 g/mol. The minimum absolute atomic E-state index is 0.773. The fourth-order valence-electron chi connectivity index (χ4n) is 1.41. The summed E-state index contributed by atoms with van der Waals surface area (Å²) in [7, 11) is 1.62. The zero-order valence-electron chi connectivity index (χ0n) is 8.59. The highest BCUT2D eigenvalue weighted by molar-refractivity contribution is 5.43. The second-order valence-electron chi connectivity index (χ2n) is 3.71. The number of ether oxygens (including phenoxy) is 1. The summed E-state index contributed by atoms with van der Waals surface area (Å²) < 4.78 is 5.24. The van der Waals surface area contributed by atoms with Gasteiger partial charge in [0.2, 0.25) is 0 Å². The molecule has 0 saturated heterocycles. The van der Waals surface area contributed by atoms with Crippen LogP contribution >= 0.6 is 0 Å². The van der Waals surface area contributed by atoms with Gasteiger partial charge < -0.3 is 9.84 Å². The molecule has 0 spiro atoms. The highest BCUT2D eigenvalue weighted by Crippen LogP contribution is 2.31. The van der Waals surface area contributed by atoms with Crippen molar-refractivity contribution < 1.29 is 9.84 Å². The Morgan fingerprint density at radius 1 is 1.31 bits per heavy atom. The van der Waals surface area contributed by atoms with Crippen LogP contribution in [0.2, 0.25) is 0 Å². The molecule has 1 rings (SSSR count). The zero-order chi connectivity index (χ0) is 10.1. The summed E-state index contributed by atoms with van der Waals surface area (Å²) in [6, 6.07) is 5.77. The molecule has 13 heavy (non-hydrogen) atoms. The van der Waals surface area contributed by atoms with E-state index in [9.17, 15) is 5.11 Å². The van der Waals surface area contributed by atoms with Gasteiger partial charge in [0.25, 0.3) is 0 Å². The Kier molecular flexibility index (Phi) is 2.62. The maximum atomic E-state index is 9.85. The number of aryl methyl sites for hydroxylation is 1. The van der Waals surface area contributed by atoms with Gasteiger partial charge in [-0.05, 0) is 26.3 Å². The lowest BCUT2D eigenvalue weighted by atomic mass is 9.95. The molecule has 0 bridgehead atoms. The van der Waals surface area contributed by atoms with Gasteiger partial charge in [-0.3, -0.25) is 0 Å². The smallest absolute Gasteiger partial charge is 0.127 e. The van der Waals surface area contributed by atoms with Crippen LogP contribution < -0.4 is 4.74 Å². The number of rotatable bonds is 2. The molecule has 0 aliphatic heterocycles. The lowest BCUT2D eigenvalue weighted by molar-refractivity contribution is 0.0755. The number of para-hydroxylation sites is 1. The predicted octanol–water partition coefficient (Wildman–Crippen LogP) is 2.23. The number of aliphatic hydroxyl groups is 1. The van der Waals surface area contributed by atoms with Crippen molar-refractivity contribution in [3.63, 3.8) is 0 Å². The Morgan fingerprint density at radius 3 is 2.31 bits per heavy atom. The molecule has 0 atom stereocenters. The Bertz CT molecular complexity index is 297. The first-order chi connectivity index (χ1) is 5.96. The maximum absolute atomic E-state index is 9.85. The number of hydrogen-bond acceptors (Lipinski definition) is 2. The molecular formula is C11H16O2. The number of benzene rings is 1. The van der Waals surface area contributed by atoms with Crippen molar-refractivity contribution in [2.24, 2.45) is 0 Å². The van der Waals surface area contributed by atoms with Crippen LogP contribution in [0.5, 0.6) is 5.75 Å². The summed E-state index contributed by atoms with van der Waals surface area (Å²) in [6.45, 7) is 5.47. The largest absolute Gasteiger partial charge is 0.496 e. The highest BCUT2D eigenvalue weighted by Gasteiger charge is 2.21. The number of hydrogen-bond donors (Lipinski definition) is 1. The van der Waals surface area contributed by atoms with E-state index in [0.29, 0.717) is 0 Å². The van der Waals surface area contributed by atoms with Crippen LogP contribution in [0.3, 0.4) is 0 Å². The zero-order valence-corrected chi connectivity index (χ0v) is 8.59. The molecule has 0 heterocycles.